The molecule has 30 heavy (non-hydrogen) atoms. The molecule has 1 unspecified atom stereocenters. The minimum absolute atomic E-state index is 0.127. The standard InChI is InChI=1S/C23H18ClN3O2S/c24-18-11-7-10-17(14-18)22-26-20(29-27-22)15-25-23(28)21(16-8-3-1-4-9-16)30-19-12-5-2-6-13-19/h1-14,21H,15H2,(H,25,28). The molecule has 0 aliphatic rings. The number of hydrogen-bond acceptors (Lipinski definition) is 5. The third-order valence-corrected chi connectivity index (χ3v) is 5.80. The van der Waals surface area contributed by atoms with Gasteiger partial charge in [-0.2, -0.15) is 4.98 Å². The molecule has 1 heterocycles. The summed E-state index contributed by atoms with van der Waals surface area (Å²) >= 11 is 7.51. The second-order valence-electron chi connectivity index (χ2n) is 6.46. The summed E-state index contributed by atoms with van der Waals surface area (Å²) in [4.78, 5) is 18.4. The van der Waals surface area contributed by atoms with Crippen molar-refractivity contribution in [3.63, 3.8) is 0 Å². The molecule has 1 aromatic heterocycles. The van der Waals surface area contributed by atoms with Crippen LogP contribution in [0.15, 0.2) is 94.3 Å². The fourth-order valence-electron chi connectivity index (χ4n) is 2.86. The van der Waals surface area contributed by atoms with Crippen molar-refractivity contribution >= 4 is 29.3 Å². The van der Waals surface area contributed by atoms with Gasteiger partial charge in [-0.25, -0.2) is 0 Å². The van der Waals surface area contributed by atoms with Crippen LogP contribution in [0.2, 0.25) is 5.02 Å². The van der Waals surface area contributed by atoms with Crippen molar-refractivity contribution in [3.05, 3.63) is 101 Å². The number of carbonyl (C=O) groups excluding carboxylic acids is 1. The highest BCUT2D eigenvalue weighted by molar-refractivity contribution is 8.00. The van der Waals surface area contributed by atoms with Gasteiger partial charge in [0.05, 0.1) is 6.54 Å². The van der Waals surface area contributed by atoms with Crippen LogP contribution in [0.5, 0.6) is 0 Å². The number of nitrogens with one attached hydrogen (secondary N) is 1. The lowest BCUT2D eigenvalue weighted by molar-refractivity contribution is -0.120. The summed E-state index contributed by atoms with van der Waals surface area (Å²) in [6, 6.07) is 26.7. The molecule has 0 aliphatic carbocycles. The Morgan fingerprint density at radius 1 is 1.00 bits per heavy atom. The molecule has 0 bridgehead atoms. The van der Waals surface area contributed by atoms with Gasteiger partial charge in [0.2, 0.25) is 17.6 Å². The number of rotatable bonds is 7. The van der Waals surface area contributed by atoms with E-state index in [0.717, 1.165) is 16.0 Å². The van der Waals surface area contributed by atoms with Crippen LogP contribution in [0.4, 0.5) is 0 Å². The van der Waals surface area contributed by atoms with E-state index in [9.17, 15) is 4.79 Å². The van der Waals surface area contributed by atoms with Gasteiger partial charge in [-0.1, -0.05) is 77.4 Å². The molecular weight excluding hydrogens is 418 g/mol. The molecule has 3 aromatic carbocycles. The van der Waals surface area contributed by atoms with Crippen molar-refractivity contribution < 1.29 is 9.32 Å². The molecule has 1 amide bonds. The Labute approximate surface area is 183 Å². The minimum atomic E-state index is -0.399. The zero-order chi connectivity index (χ0) is 20.8. The first kappa shape index (κ1) is 20.2. The van der Waals surface area contributed by atoms with Crippen molar-refractivity contribution in [2.45, 2.75) is 16.7 Å². The second kappa shape index (κ2) is 9.61. The Morgan fingerprint density at radius 2 is 1.73 bits per heavy atom. The molecule has 7 heteroatoms. The van der Waals surface area contributed by atoms with Crippen molar-refractivity contribution in [2.75, 3.05) is 0 Å². The molecule has 150 valence electrons. The summed E-state index contributed by atoms with van der Waals surface area (Å²) in [5.74, 6) is 0.632. The number of thioether (sulfide) groups is 1. The summed E-state index contributed by atoms with van der Waals surface area (Å²) in [5, 5.41) is 7.08. The first-order chi connectivity index (χ1) is 14.7. The van der Waals surface area contributed by atoms with Crippen molar-refractivity contribution in [2.24, 2.45) is 0 Å². The van der Waals surface area contributed by atoms with E-state index < -0.39 is 5.25 Å². The van der Waals surface area contributed by atoms with E-state index in [1.807, 2.05) is 72.8 Å². The Hall–Kier alpha value is -3.09. The van der Waals surface area contributed by atoms with Crippen molar-refractivity contribution in [1.29, 1.82) is 0 Å². The average Bonchev–Trinajstić information content (AvgIpc) is 3.26. The Kier molecular flexibility index (Phi) is 6.47. The summed E-state index contributed by atoms with van der Waals surface area (Å²) in [7, 11) is 0. The zero-order valence-electron chi connectivity index (χ0n) is 15.9. The number of benzene rings is 3. The predicted molar refractivity (Wildman–Crippen MR) is 118 cm³/mol. The van der Waals surface area contributed by atoms with Gasteiger partial charge in [0, 0.05) is 15.5 Å². The van der Waals surface area contributed by atoms with Gasteiger partial charge >= 0.3 is 0 Å². The molecule has 0 spiro atoms. The maximum Gasteiger partial charge on any atom is 0.246 e. The third-order valence-electron chi connectivity index (χ3n) is 4.30. The Bertz CT molecular complexity index is 1120. The molecule has 0 aliphatic heterocycles. The van der Waals surface area contributed by atoms with E-state index >= 15 is 0 Å². The largest absolute Gasteiger partial charge is 0.346 e. The molecule has 4 rings (SSSR count). The Balaban J connectivity index is 1.46. The van der Waals surface area contributed by atoms with Crippen molar-refractivity contribution in [3.8, 4) is 11.4 Å². The highest BCUT2D eigenvalue weighted by atomic mass is 35.5. The van der Waals surface area contributed by atoms with Gasteiger partial charge in [0.25, 0.3) is 0 Å². The van der Waals surface area contributed by atoms with Crippen LogP contribution < -0.4 is 5.32 Å². The van der Waals surface area contributed by atoms with Crippen LogP contribution in [-0.2, 0) is 11.3 Å². The molecule has 0 saturated heterocycles. The van der Waals surface area contributed by atoms with Crippen LogP contribution in [0, 0.1) is 0 Å². The molecule has 0 fully saturated rings. The zero-order valence-corrected chi connectivity index (χ0v) is 17.4. The molecule has 5 nitrogen and oxygen atoms in total. The molecule has 0 saturated carbocycles. The number of halogens is 1. The first-order valence-electron chi connectivity index (χ1n) is 9.32. The van der Waals surface area contributed by atoms with Crippen LogP contribution in [0.25, 0.3) is 11.4 Å². The van der Waals surface area contributed by atoms with Crippen molar-refractivity contribution in [1.82, 2.24) is 15.5 Å². The maximum atomic E-state index is 13.0. The lowest BCUT2D eigenvalue weighted by Gasteiger charge is -2.16. The molecule has 4 aromatic rings. The van der Waals surface area contributed by atoms with Crippen LogP contribution >= 0.6 is 23.4 Å². The highest BCUT2D eigenvalue weighted by Crippen LogP contribution is 2.35. The predicted octanol–water partition coefficient (Wildman–Crippen LogP) is 5.54. The van der Waals surface area contributed by atoms with E-state index in [1.165, 1.54) is 11.8 Å². The lowest BCUT2D eigenvalue weighted by atomic mass is 10.1. The van der Waals surface area contributed by atoms with E-state index in [1.54, 1.807) is 12.1 Å². The number of carbonyl (C=O) groups is 1. The minimum Gasteiger partial charge on any atom is -0.346 e. The van der Waals surface area contributed by atoms with Gasteiger partial charge in [-0.05, 0) is 29.8 Å². The number of nitrogens with zero attached hydrogens (tertiary/aromatic N) is 2. The monoisotopic (exact) mass is 435 g/mol. The van der Waals surface area contributed by atoms with Crippen LogP contribution in [-0.4, -0.2) is 16.0 Å². The number of hydrogen-bond donors (Lipinski definition) is 1. The SMILES string of the molecule is O=C(NCc1nc(-c2cccc(Cl)c2)no1)C(Sc1ccccc1)c1ccccc1. The molecular formula is C23H18ClN3O2S. The van der Waals surface area contributed by atoms with E-state index in [-0.39, 0.29) is 12.5 Å². The summed E-state index contributed by atoms with van der Waals surface area (Å²) < 4.78 is 5.29. The summed E-state index contributed by atoms with van der Waals surface area (Å²) in [5.41, 5.74) is 1.68. The van der Waals surface area contributed by atoms with Crippen LogP contribution in [0.1, 0.15) is 16.7 Å². The van der Waals surface area contributed by atoms with E-state index in [2.05, 4.69) is 15.5 Å². The normalized spacial score (nSPS) is 11.8. The fraction of sp³-hybridized carbons (Fsp3) is 0.0870. The fourth-order valence-corrected chi connectivity index (χ4v) is 4.12. The van der Waals surface area contributed by atoms with Crippen LogP contribution in [0.3, 0.4) is 0 Å². The van der Waals surface area contributed by atoms with Gasteiger partial charge in [-0.3, -0.25) is 4.79 Å². The number of aromatic nitrogens is 2. The molecule has 1 atom stereocenters. The molecule has 0 radical (unpaired) electrons. The van der Waals surface area contributed by atoms with E-state index in [0.29, 0.717) is 16.7 Å². The number of amides is 1. The lowest BCUT2D eigenvalue weighted by Crippen LogP contribution is -2.27. The van der Waals surface area contributed by atoms with Gasteiger partial charge in [-0.15, -0.1) is 11.8 Å². The highest BCUT2D eigenvalue weighted by Gasteiger charge is 2.22. The van der Waals surface area contributed by atoms with Gasteiger partial charge < -0.3 is 9.84 Å². The maximum absolute atomic E-state index is 13.0. The van der Waals surface area contributed by atoms with Gasteiger partial charge in [0.1, 0.15) is 5.25 Å². The van der Waals surface area contributed by atoms with Gasteiger partial charge in [0.15, 0.2) is 0 Å². The topological polar surface area (TPSA) is 68.0 Å². The quantitative estimate of drug-likeness (QED) is 0.386. The third kappa shape index (κ3) is 5.09. The first-order valence-corrected chi connectivity index (χ1v) is 10.6. The summed E-state index contributed by atoms with van der Waals surface area (Å²) in [6.45, 7) is 0.144. The second-order valence-corrected chi connectivity index (χ2v) is 8.08. The Morgan fingerprint density at radius 3 is 2.47 bits per heavy atom. The average molecular weight is 436 g/mol. The molecule has 1 N–H and O–H groups in total. The summed E-state index contributed by atoms with van der Waals surface area (Å²) in [6.07, 6.45) is 0. The van der Waals surface area contributed by atoms with E-state index in [4.69, 9.17) is 16.1 Å². The smallest absolute Gasteiger partial charge is 0.246 e.